The summed E-state index contributed by atoms with van der Waals surface area (Å²) in [7, 11) is 1.77. The first-order chi connectivity index (χ1) is 16.9. The van der Waals surface area contributed by atoms with Crippen molar-refractivity contribution in [1.29, 1.82) is 0 Å². The van der Waals surface area contributed by atoms with Crippen LogP contribution in [0.2, 0.25) is 5.02 Å². The van der Waals surface area contributed by atoms with E-state index in [0.29, 0.717) is 23.6 Å². The maximum absolute atomic E-state index is 13.3. The molecule has 3 aromatic rings. The van der Waals surface area contributed by atoms with Crippen molar-refractivity contribution in [2.45, 2.75) is 11.8 Å². The lowest BCUT2D eigenvalue weighted by Gasteiger charge is -2.36. The van der Waals surface area contributed by atoms with Gasteiger partial charge in [-0.2, -0.15) is 0 Å². The van der Waals surface area contributed by atoms with Crippen LogP contribution in [-0.4, -0.2) is 49.9 Å². The Kier molecular flexibility index (Phi) is 6.58. The number of fused-ring (bicyclic) bond motifs is 1. The summed E-state index contributed by atoms with van der Waals surface area (Å²) in [4.78, 5) is 33.8. The summed E-state index contributed by atoms with van der Waals surface area (Å²) < 4.78 is 0. The predicted octanol–water partition coefficient (Wildman–Crippen LogP) is 5.72. The van der Waals surface area contributed by atoms with Gasteiger partial charge in [-0.15, -0.1) is 0 Å². The van der Waals surface area contributed by atoms with Crippen LogP contribution in [0, 0.1) is 6.92 Å². The average molecular weight is 504 g/mol. The van der Waals surface area contributed by atoms with Crippen LogP contribution < -0.4 is 9.80 Å². The number of halogens is 1. The zero-order valence-corrected chi connectivity index (χ0v) is 21.3. The van der Waals surface area contributed by atoms with E-state index < -0.39 is 0 Å². The van der Waals surface area contributed by atoms with Gasteiger partial charge in [0.05, 0.1) is 10.6 Å². The Morgan fingerprint density at radius 3 is 2.43 bits per heavy atom. The van der Waals surface area contributed by atoms with Gasteiger partial charge in [0.15, 0.2) is 0 Å². The number of thioether (sulfide) groups is 1. The van der Waals surface area contributed by atoms with Crippen molar-refractivity contribution in [3.63, 3.8) is 0 Å². The molecule has 0 saturated carbocycles. The minimum absolute atomic E-state index is 0.00416. The second kappa shape index (κ2) is 9.80. The largest absolute Gasteiger partial charge is 0.368 e. The van der Waals surface area contributed by atoms with E-state index in [4.69, 9.17) is 11.6 Å². The zero-order chi connectivity index (χ0) is 24.5. The van der Waals surface area contributed by atoms with E-state index in [9.17, 15) is 9.59 Å². The molecule has 178 valence electrons. The van der Waals surface area contributed by atoms with Crippen LogP contribution in [0.15, 0.2) is 76.5 Å². The van der Waals surface area contributed by atoms with E-state index in [2.05, 4.69) is 11.0 Å². The van der Waals surface area contributed by atoms with E-state index in [-0.39, 0.29) is 11.8 Å². The predicted molar refractivity (Wildman–Crippen MR) is 144 cm³/mol. The lowest BCUT2D eigenvalue weighted by Crippen LogP contribution is -2.48. The first kappa shape index (κ1) is 23.5. The Balaban J connectivity index is 1.30. The monoisotopic (exact) mass is 503 g/mol. The van der Waals surface area contributed by atoms with Gasteiger partial charge < -0.3 is 14.7 Å². The molecule has 3 aromatic carbocycles. The van der Waals surface area contributed by atoms with Crippen molar-refractivity contribution in [3.05, 3.63) is 93.3 Å². The smallest absolute Gasteiger partial charge is 0.264 e. The lowest BCUT2D eigenvalue weighted by atomic mass is 10.1. The third-order valence-corrected chi connectivity index (χ3v) is 7.73. The van der Waals surface area contributed by atoms with Crippen molar-refractivity contribution in [3.8, 4) is 0 Å². The first-order valence-electron chi connectivity index (χ1n) is 11.6. The van der Waals surface area contributed by atoms with E-state index in [1.807, 2.05) is 78.6 Å². The fourth-order valence-electron chi connectivity index (χ4n) is 4.44. The fourth-order valence-corrected chi connectivity index (χ4v) is 5.66. The number of piperazine rings is 1. The highest BCUT2D eigenvalue weighted by molar-refractivity contribution is 8.04. The van der Waals surface area contributed by atoms with E-state index in [1.165, 1.54) is 11.8 Å². The van der Waals surface area contributed by atoms with Gasteiger partial charge in [-0.05, 0) is 61.0 Å². The summed E-state index contributed by atoms with van der Waals surface area (Å²) in [5.74, 6) is -0.0688. The van der Waals surface area contributed by atoms with Crippen molar-refractivity contribution < 1.29 is 9.59 Å². The number of amides is 2. The van der Waals surface area contributed by atoms with Crippen molar-refractivity contribution in [1.82, 2.24) is 4.90 Å². The highest BCUT2D eigenvalue weighted by atomic mass is 35.5. The van der Waals surface area contributed by atoms with E-state index in [1.54, 1.807) is 11.9 Å². The highest BCUT2D eigenvalue weighted by Gasteiger charge is 2.29. The number of benzene rings is 3. The van der Waals surface area contributed by atoms with Crippen LogP contribution in [0.1, 0.15) is 21.5 Å². The third kappa shape index (κ3) is 4.95. The Hall–Kier alpha value is -3.22. The van der Waals surface area contributed by atoms with Gasteiger partial charge in [-0.1, -0.05) is 53.2 Å². The van der Waals surface area contributed by atoms with Crippen LogP contribution >= 0.6 is 23.4 Å². The summed E-state index contributed by atoms with van der Waals surface area (Å²) in [6.07, 6.45) is 1.93. The number of hydrogen-bond donors (Lipinski definition) is 0. The summed E-state index contributed by atoms with van der Waals surface area (Å²) in [6, 6.07) is 21.5. The molecule has 0 spiro atoms. The number of aryl methyl sites for hydroxylation is 1. The van der Waals surface area contributed by atoms with Crippen LogP contribution in [0.3, 0.4) is 0 Å². The molecule has 1 saturated heterocycles. The van der Waals surface area contributed by atoms with Gasteiger partial charge in [-0.3, -0.25) is 9.59 Å². The third-order valence-electron chi connectivity index (χ3n) is 6.40. The number of anilines is 2. The van der Waals surface area contributed by atoms with Crippen molar-refractivity contribution in [2.75, 3.05) is 43.0 Å². The average Bonchev–Trinajstić information content (AvgIpc) is 2.87. The van der Waals surface area contributed by atoms with Crippen molar-refractivity contribution in [2.24, 2.45) is 0 Å². The minimum atomic E-state index is -0.0646. The Morgan fingerprint density at radius 1 is 0.971 bits per heavy atom. The topological polar surface area (TPSA) is 43.9 Å². The van der Waals surface area contributed by atoms with Crippen LogP contribution in [0.4, 0.5) is 11.4 Å². The zero-order valence-electron chi connectivity index (χ0n) is 19.7. The van der Waals surface area contributed by atoms with Gasteiger partial charge in [-0.25, -0.2) is 0 Å². The molecule has 7 heteroatoms. The summed E-state index contributed by atoms with van der Waals surface area (Å²) in [5, 5.41) is 0.717. The minimum Gasteiger partial charge on any atom is -0.368 e. The molecule has 2 heterocycles. The quantitative estimate of drug-likeness (QED) is 0.429. The van der Waals surface area contributed by atoms with Gasteiger partial charge in [0, 0.05) is 54.4 Å². The molecule has 0 radical (unpaired) electrons. The van der Waals surface area contributed by atoms with E-state index >= 15 is 0 Å². The molecule has 2 aliphatic rings. The molecule has 0 bridgehead atoms. The molecule has 1 fully saturated rings. The molecule has 2 aliphatic heterocycles. The summed E-state index contributed by atoms with van der Waals surface area (Å²) >= 11 is 7.46. The maximum Gasteiger partial charge on any atom is 0.264 e. The molecular formula is C28H26ClN3O2S. The number of nitrogens with zero attached hydrogens (tertiary/aromatic N) is 3. The normalized spacial score (nSPS) is 17.1. The maximum atomic E-state index is 13.3. The molecule has 35 heavy (non-hydrogen) atoms. The molecule has 5 nitrogen and oxygen atoms in total. The molecule has 0 aromatic heterocycles. The molecule has 0 N–H and O–H groups in total. The molecule has 0 aliphatic carbocycles. The fraction of sp³-hybridized carbons (Fsp3) is 0.214. The van der Waals surface area contributed by atoms with Gasteiger partial charge in [0.2, 0.25) is 0 Å². The standard InChI is InChI=1S/C28H26ClN3O2S/c1-19-4-3-5-20(16-19)17-26-28(34)30(2)24-18-21(6-11-25(24)35-26)27(33)32-14-12-31(13-15-32)23-9-7-22(29)8-10-23/h3-11,16-18H,12-15H2,1-2H3/b26-17-. The second-order valence-electron chi connectivity index (χ2n) is 8.83. The number of carbonyl (C=O) groups excluding carboxylic acids is 2. The van der Waals surface area contributed by atoms with E-state index in [0.717, 1.165) is 45.5 Å². The van der Waals surface area contributed by atoms with Crippen LogP contribution in [0.25, 0.3) is 6.08 Å². The first-order valence-corrected chi connectivity index (χ1v) is 12.8. The SMILES string of the molecule is Cc1cccc(/C=C2\Sc3ccc(C(=O)N4CCN(c5ccc(Cl)cc5)CC4)cc3N(C)C2=O)c1. The number of rotatable bonds is 3. The van der Waals surface area contributed by atoms with Crippen LogP contribution in [-0.2, 0) is 4.79 Å². The molecule has 0 unspecified atom stereocenters. The Labute approximate surface area is 215 Å². The Bertz CT molecular complexity index is 1310. The second-order valence-corrected chi connectivity index (χ2v) is 10.3. The van der Waals surface area contributed by atoms with Gasteiger partial charge >= 0.3 is 0 Å². The van der Waals surface area contributed by atoms with Crippen LogP contribution in [0.5, 0.6) is 0 Å². The number of likely N-dealkylation sites (N-methyl/N-ethyl adjacent to an activating group) is 1. The molecule has 5 rings (SSSR count). The number of hydrogen-bond acceptors (Lipinski definition) is 4. The van der Waals surface area contributed by atoms with Gasteiger partial charge in [0.1, 0.15) is 0 Å². The molecule has 2 amide bonds. The summed E-state index contributed by atoms with van der Waals surface area (Å²) in [6.45, 7) is 4.85. The highest BCUT2D eigenvalue weighted by Crippen LogP contribution is 2.42. The Morgan fingerprint density at radius 2 is 1.71 bits per heavy atom. The van der Waals surface area contributed by atoms with Gasteiger partial charge in [0.25, 0.3) is 11.8 Å². The number of carbonyl (C=O) groups is 2. The lowest BCUT2D eigenvalue weighted by molar-refractivity contribution is -0.114. The molecular weight excluding hydrogens is 478 g/mol. The molecule has 0 atom stereocenters. The summed E-state index contributed by atoms with van der Waals surface area (Å²) in [5.41, 5.74) is 4.64. The van der Waals surface area contributed by atoms with Crippen molar-refractivity contribution >= 4 is 52.6 Å².